The standard InChI is InChI=1S/C17H18N2O/c1-13-4-3-5-15(8-13)11-19-12-16-9-14(10-18)6-7-17(16)20-2/h3-9,19H,11-12H2,1-2H3. The summed E-state index contributed by atoms with van der Waals surface area (Å²) in [6.45, 7) is 3.55. The van der Waals surface area contributed by atoms with E-state index >= 15 is 0 Å². The van der Waals surface area contributed by atoms with Crippen molar-refractivity contribution >= 4 is 0 Å². The van der Waals surface area contributed by atoms with Crippen LogP contribution in [0.4, 0.5) is 0 Å². The molecule has 0 atom stereocenters. The molecule has 3 nitrogen and oxygen atoms in total. The van der Waals surface area contributed by atoms with Gasteiger partial charge in [0.05, 0.1) is 18.7 Å². The van der Waals surface area contributed by atoms with Gasteiger partial charge < -0.3 is 10.1 Å². The van der Waals surface area contributed by atoms with Crippen molar-refractivity contribution in [3.8, 4) is 11.8 Å². The molecule has 2 rings (SSSR count). The van der Waals surface area contributed by atoms with Gasteiger partial charge in [-0.15, -0.1) is 0 Å². The summed E-state index contributed by atoms with van der Waals surface area (Å²) in [7, 11) is 1.64. The van der Waals surface area contributed by atoms with Crippen molar-refractivity contribution in [2.24, 2.45) is 0 Å². The maximum Gasteiger partial charge on any atom is 0.123 e. The summed E-state index contributed by atoms with van der Waals surface area (Å²) >= 11 is 0. The van der Waals surface area contributed by atoms with Gasteiger partial charge in [0.1, 0.15) is 5.75 Å². The van der Waals surface area contributed by atoms with Crippen LogP contribution in [-0.2, 0) is 13.1 Å². The first-order valence-corrected chi connectivity index (χ1v) is 6.56. The molecule has 0 fully saturated rings. The smallest absolute Gasteiger partial charge is 0.123 e. The third-order valence-electron chi connectivity index (χ3n) is 3.14. The normalized spacial score (nSPS) is 10.1. The Kier molecular flexibility index (Phi) is 4.75. The Morgan fingerprint density at radius 3 is 2.70 bits per heavy atom. The van der Waals surface area contributed by atoms with E-state index in [4.69, 9.17) is 10.00 Å². The van der Waals surface area contributed by atoms with Crippen LogP contribution in [0.25, 0.3) is 0 Å². The van der Waals surface area contributed by atoms with Crippen LogP contribution in [0.1, 0.15) is 22.3 Å². The molecule has 0 unspecified atom stereocenters. The van der Waals surface area contributed by atoms with Gasteiger partial charge >= 0.3 is 0 Å². The van der Waals surface area contributed by atoms with E-state index in [0.717, 1.165) is 17.9 Å². The molecule has 102 valence electrons. The van der Waals surface area contributed by atoms with Gasteiger partial charge in [0, 0.05) is 18.7 Å². The lowest BCUT2D eigenvalue weighted by Gasteiger charge is -2.10. The molecule has 0 saturated carbocycles. The molecule has 0 saturated heterocycles. The number of aryl methyl sites for hydroxylation is 1. The Labute approximate surface area is 119 Å². The van der Waals surface area contributed by atoms with Crippen molar-refractivity contribution in [1.82, 2.24) is 5.32 Å². The molecule has 0 heterocycles. The predicted molar refractivity (Wildman–Crippen MR) is 79.4 cm³/mol. The molecule has 2 aromatic rings. The van der Waals surface area contributed by atoms with Crippen LogP contribution in [0.3, 0.4) is 0 Å². The first-order valence-electron chi connectivity index (χ1n) is 6.56. The number of rotatable bonds is 5. The molecule has 1 N–H and O–H groups in total. The third-order valence-corrected chi connectivity index (χ3v) is 3.14. The van der Waals surface area contributed by atoms with E-state index in [1.54, 1.807) is 13.2 Å². The fraction of sp³-hybridized carbons (Fsp3) is 0.235. The Morgan fingerprint density at radius 2 is 2.00 bits per heavy atom. The number of nitrogens with one attached hydrogen (secondary N) is 1. The van der Waals surface area contributed by atoms with Crippen LogP contribution in [0.15, 0.2) is 42.5 Å². The second kappa shape index (κ2) is 6.74. The highest BCUT2D eigenvalue weighted by molar-refractivity contribution is 5.42. The SMILES string of the molecule is COc1ccc(C#N)cc1CNCc1cccc(C)c1. The molecule has 2 aromatic carbocycles. The summed E-state index contributed by atoms with van der Waals surface area (Å²) in [6.07, 6.45) is 0. The zero-order valence-electron chi connectivity index (χ0n) is 11.8. The van der Waals surface area contributed by atoms with Crippen molar-refractivity contribution in [3.63, 3.8) is 0 Å². The van der Waals surface area contributed by atoms with Gasteiger partial charge in [0.15, 0.2) is 0 Å². The number of ether oxygens (including phenoxy) is 1. The number of hydrogen-bond acceptors (Lipinski definition) is 3. The number of benzene rings is 2. The van der Waals surface area contributed by atoms with Crippen LogP contribution < -0.4 is 10.1 Å². The molecule has 0 aliphatic carbocycles. The van der Waals surface area contributed by atoms with Crippen molar-refractivity contribution in [1.29, 1.82) is 5.26 Å². The zero-order chi connectivity index (χ0) is 14.4. The third kappa shape index (κ3) is 3.59. The minimum atomic E-state index is 0.651. The van der Waals surface area contributed by atoms with Crippen molar-refractivity contribution < 1.29 is 4.74 Å². The minimum Gasteiger partial charge on any atom is -0.496 e. The van der Waals surface area contributed by atoms with Crippen molar-refractivity contribution in [2.45, 2.75) is 20.0 Å². The Bertz CT molecular complexity index is 629. The first-order chi connectivity index (χ1) is 9.72. The molecule has 0 aliphatic rings. The highest BCUT2D eigenvalue weighted by Gasteiger charge is 2.04. The lowest BCUT2D eigenvalue weighted by Crippen LogP contribution is -2.13. The average molecular weight is 266 g/mol. The van der Waals surface area contributed by atoms with Gasteiger partial charge in [0.25, 0.3) is 0 Å². The van der Waals surface area contributed by atoms with Crippen LogP contribution in [0, 0.1) is 18.3 Å². The summed E-state index contributed by atoms with van der Waals surface area (Å²) in [5.41, 5.74) is 4.16. The summed E-state index contributed by atoms with van der Waals surface area (Å²) < 4.78 is 5.32. The maximum absolute atomic E-state index is 8.95. The number of hydrogen-bond donors (Lipinski definition) is 1. The molecule has 0 aliphatic heterocycles. The highest BCUT2D eigenvalue weighted by Crippen LogP contribution is 2.19. The Morgan fingerprint density at radius 1 is 1.15 bits per heavy atom. The van der Waals surface area contributed by atoms with Crippen molar-refractivity contribution in [2.75, 3.05) is 7.11 Å². The molecular formula is C17H18N2O. The summed E-state index contributed by atoms with van der Waals surface area (Å²) in [5.74, 6) is 0.806. The van der Waals surface area contributed by atoms with E-state index in [1.165, 1.54) is 11.1 Å². The quantitative estimate of drug-likeness (QED) is 0.904. The van der Waals surface area contributed by atoms with Crippen LogP contribution >= 0.6 is 0 Å². The second-order valence-electron chi connectivity index (χ2n) is 4.73. The molecule has 0 bridgehead atoms. The van der Waals surface area contributed by atoms with Gasteiger partial charge in [-0.2, -0.15) is 5.26 Å². The van der Waals surface area contributed by atoms with Crippen LogP contribution in [-0.4, -0.2) is 7.11 Å². The first kappa shape index (κ1) is 14.1. The van der Waals surface area contributed by atoms with E-state index in [9.17, 15) is 0 Å². The van der Waals surface area contributed by atoms with Gasteiger partial charge in [-0.25, -0.2) is 0 Å². The lowest BCUT2D eigenvalue weighted by atomic mass is 10.1. The van der Waals surface area contributed by atoms with Crippen molar-refractivity contribution in [3.05, 3.63) is 64.7 Å². The minimum absolute atomic E-state index is 0.651. The average Bonchev–Trinajstić information content (AvgIpc) is 2.47. The van der Waals surface area contributed by atoms with Gasteiger partial charge in [-0.1, -0.05) is 29.8 Å². The van der Waals surface area contributed by atoms with Crippen LogP contribution in [0.2, 0.25) is 0 Å². The van der Waals surface area contributed by atoms with E-state index in [1.807, 2.05) is 12.1 Å². The molecule has 0 aromatic heterocycles. The molecule has 0 amide bonds. The monoisotopic (exact) mass is 266 g/mol. The topological polar surface area (TPSA) is 45.0 Å². The number of nitriles is 1. The van der Waals surface area contributed by atoms with Gasteiger partial charge in [0.2, 0.25) is 0 Å². The number of methoxy groups -OCH3 is 1. The predicted octanol–water partition coefficient (Wildman–Crippen LogP) is 3.17. The molecule has 0 radical (unpaired) electrons. The van der Waals surface area contributed by atoms with E-state index in [0.29, 0.717) is 12.1 Å². The van der Waals surface area contributed by atoms with Gasteiger partial charge in [-0.3, -0.25) is 0 Å². The summed E-state index contributed by atoms with van der Waals surface area (Å²) in [5, 5.41) is 12.3. The van der Waals surface area contributed by atoms with Crippen LogP contribution in [0.5, 0.6) is 5.75 Å². The van der Waals surface area contributed by atoms with Gasteiger partial charge in [-0.05, 0) is 30.7 Å². The zero-order valence-corrected chi connectivity index (χ0v) is 11.8. The number of nitrogens with zero attached hydrogens (tertiary/aromatic N) is 1. The fourth-order valence-corrected chi connectivity index (χ4v) is 2.15. The highest BCUT2D eigenvalue weighted by atomic mass is 16.5. The lowest BCUT2D eigenvalue weighted by molar-refractivity contribution is 0.407. The molecular weight excluding hydrogens is 248 g/mol. The van der Waals surface area contributed by atoms with E-state index in [2.05, 4.69) is 42.6 Å². The Hall–Kier alpha value is -2.31. The summed E-state index contributed by atoms with van der Waals surface area (Å²) in [6, 6.07) is 16.0. The second-order valence-corrected chi connectivity index (χ2v) is 4.73. The molecule has 3 heteroatoms. The maximum atomic E-state index is 8.95. The Balaban J connectivity index is 2.02. The van der Waals surface area contributed by atoms with E-state index in [-0.39, 0.29) is 0 Å². The molecule has 20 heavy (non-hydrogen) atoms. The largest absolute Gasteiger partial charge is 0.496 e. The van der Waals surface area contributed by atoms with E-state index < -0.39 is 0 Å². The summed E-state index contributed by atoms with van der Waals surface area (Å²) in [4.78, 5) is 0. The fourth-order valence-electron chi connectivity index (χ4n) is 2.15. The molecule has 0 spiro atoms.